The van der Waals surface area contributed by atoms with E-state index in [-0.39, 0.29) is 18.6 Å². The van der Waals surface area contributed by atoms with E-state index in [1.807, 2.05) is 35.7 Å². The maximum Gasteiger partial charge on any atom is 0.322 e. The number of urea groups is 1. The first-order valence-electron chi connectivity index (χ1n) is 13.2. The van der Waals surface area contributed by atoms with E-state index in [1.165, 1.54) is 4.90 Å². The van der Waals surface area contributed by atoms with Gasteiger partial charge < -0.3 is 29.3 Å². The molecule has 2 heterocycles. The minimum Gasteiger partial charge on any atom is -0.493 e. The second-order valence-corrected chi connectivity index (χ2v) is 10.5. The molecule has 0 bridgehead atoms. The second kappa shape index (κ2) is 14.4. The van der Waals surface area contributed by atoms with Gasteiger partial charge in [-0.2, -0.15) is 5.26 Å². The Morgan fingerprint density at radius 2 is 1.95 bits per heavy atom. The van der Waals surface area contributed by atoms with Gasteiger partial charge in [0.25, 0.3) is 0 Å². The molecule has 10 heteroatoms. The van der Waals surface area contributed by atoms with Crippen LogP contribution in [0.4, 0.5) is 10.5 Å². The van der Waals surface area contributed by atoms with Crippen molar-refractivity contribution in [3.8, 4) is 17.6 Å². The van der Waals surface area contributed by atoms with Crippen LogP contribution in [0.15, 0.2) is 60.0 Å². The van der Waals surface area contributed by atoms with Crippen molar-refractivity contribution in [3.63, 3.8) is 0 Å². The molecule has 1 atom stereocenters. The molecule has 1 aliphatic rings. The summed E-state index contributed by atoms with van der Waals surface area (Å²) in [6.07, 6.45) is 2.24. The van der Waals surface area contributed by atoms with Crippen molar-refractivity contribution < 1.29 is 23.8 Å². The number of thiophene rings is 1. The van der Waals surface area contributed by atoms with Crippen LogP contribution in [0.5, 0.6) is 11.5 Å². The van der Waals surface area contributed by atoms with E-state index in [0.29, 0.717) is 55.4 Å². The normalized spacial score (nSPS) is 14.3. The summed E-state index contributed by atoms with van der Waals surface area (Å²) in [5.41, 5.74) is 1.95. The van der Waals surface area contributed by atoms with Crippen LogP contribution in [-0.2, 0) is 22.5 Å². The summed E-state index contributed by atoms with van der Waals surface area (Å²) in [5, 5.41) is 14.0. The van der Waals surface area contributed by atoms with Crippen LogP contribution < -0.4 is 14.8 Å². The zero-order chi connectivity index (χ0) is 28.3. The lowest BCUT2D eigenvalue weighted by atomic mass is 10.1. The summed E-state index contributed by atoms with van der Waals surface area (Å²) in [6, 6.07) is 18.1. The fourth-order valence-corrected chi connectivity index (χ4v) is 5.29. The predicted octanol–water partition coefficient (Wildman–Crippen LogP) is 4.92. The van der Waals surface area contributed by atoms with Gasteiger partial charge in [0.15, 0.2) is 11.5 Å². The molecule has 0 radical (unpaired) electrons. The van der Waals surface area contributed by atoms with Crippen LogP contribution in [-0.4, -0.2) is 68.3 Å². The standard InChI is InChI=1S/C30H34N4O5S/c1-37-27-11-10-22(17-28(27)38-2)12-13-33(20-26-9-5-15-40-26)29(35)21-34(19-25-8-4-14-39-25)30(36)32-24-7-3-6-23(16-24)18-31/h3,5-7,9-11,15-17,25H,4,8,12-14,19-21H2,1-2H3,(H,32,36)/t25-/m0/s1. The maximum atomic E-state index is 13.7. The van der Waals surface area contributed by atoms with Crippen LogP contribution in [0.1, 0.15) is 28.8 Å². The van der Waals surface area contributed by atoms with Gasteiger partial charge >= 0.3 is 6.03 Å². The lowest BCUT2D eigenvalue weighted by Crippen LogP contribution is -2.47. The van der Waals surface area contributed by atoms with E-state index >= 15 is 0 Å². The SMILES string of the molecule is COc1ccc(CCN(Cc2cccs2)C(=O)CN(C[C@@H]2CCCO2)C(=O)Nc2cccc(C#N)c2)cc1OC. The molecule has 1 N–H and O–H groups in total. The number of ether oxygens (including phenoxy) is 3. The molecule has 3 aromatic rings. The number of methoxy groups -OCH3 is 2. The molecule has 1 aromatic heterocycles. The number of rotatable bonds is 12. The van der Waals surface area contributed by atoms with Crippen LogP contribution in [0.3, 0.4) is 0 Å². The summed E-state index contributed by atoms with van der Waals surface area (Å²) in [5.74, 6) is 1.12. The highest BCUT2D eigenvalue weighted by Crippen LogP contribution is 2.28. The average molecular weight is 563 g/mol. The number of hydrogen-bond donors (Lipinski definition) is 1. The molecule has 210 valence electrons. The molecule has 1 saturated heterocycles. The smallest absolute Gasteiger partial charge is 0.322 e. The molecule has 0 saturated carbocycles. The van der Waals surface area contributed by atoms with Gasteiger partial charge in [0.05, 0.1) is 38.5 Å². The van der Waals surface area contributed by atoms with Crippen molar-refractivity contribution >= 4 is 29.0 Å². The molecule has 1 fully saturated rings. The zero-order valence-corrected chi connectivity index (χ0v) is 23.6. The molecule has 40 heavy (non-hydrogen) atoms. The first-order chi connectivity index (χ1) is 19.5. The number of hydrogen-bond acceptors (Lipinski definition) is 7. The van der Waals surface area contributed by atoms with Crippen LogP contribution in [0.2, 0.25) is 0 Å². The Kier molecular flexibility index (Phi) is 10.4. The number of nitrogens with zero attached hydrogens (tertiary/aromatic N) is 3. The molecule has 0 unspecified atom stereocenters. The molecule has 0 aliphatic carbocycles. The molecule has 4 rings (SSSR count). The van der Waals surface area contributed by atoms with Crippen molar-refractivity contribution in [2.24, 2.45) is 0 Å². The Labute approximate surface area is 238 Å². The van der Waals surface area contributed by atoms with E-state index in [9.17, 15) is 14.9 Å². The van der Waals surface area contributed by atoms with Crippen LogP contribution >= 0.6 is 11.3 Å². The number of carbonyl (C=O) groups excluding carboxylic acids is 2. The van der Waals surface area contributed by atoms with Gasteiger partial charge in [-0.1, -0.05) is 18.2 Å². The molecular formula is C30H34N4O5S. The first-order valence-corrected chi connectivity index (χ1v) is 14.1. The Balaban J connectivity index is 1.49. The number of anilines is 1. The van der Waals surface area contributed by atoms with Crippen molar-refractivity contribution in [3.05, 3.63) is 76.0 Å². The van der Waals surface area contributed by atoms with Gasteiger partial charge in [-0.25, -0.2) is 4.79 Å². The summed E-state index contributed by atoms with van der Waals surface area (Å²) < 4.78 is 16.6. The molecule has 9 nitrogen and oxygen atoms in total. The van der Waals surface area contributed by atoms with E-state index < -0.39 is 6.03 Å². The Morgan fingerprint density at radius 3 is 2.65 bits per heavy atom. The lowest BCUT2D eigenvalue weighted by Gasteiger charge is -2.29. The van der Waals surface area contributed by atoms with Gasteiger partial charge in [-0.3, -0.25) is 4.79 Å². The zero-order valence-electron chi connectivity index (χ0n) is 22.8. The Bertz CT molecular complexity index is 1320. The second-order valence-electron chi connectivity index (χ2n) is 9.47. The third-order valence-electron chi connectivity index (χ3n) is 6.70. The Morgan fingerprint density at radius 1 is 1.10 bits per heavy atom. The number of nitriles is 1. The summed E-state index contributed by atoms with van der Waals surface area (Å²) in [6.45, 7) is 1.77. The van der Waals surface area contributed by atoms with E-state index in [4.69, 9.17) is 14.2 Å². The summed E-state index contributed by atoms with van der Waals surface area (Å²) in [7, 11) is 3.19. The van der Waals surface area contributed by atoms with Gasteiger partial charge in [0.1, 0.15) is 6.54 Å². The fraction of sp³-hybridized carbons (Fsp3) is 0.367. The minimum absolute atomic E-state index is 0.0963. The highest BCUT2D eigenvalue weighted by molar-refractivity contribution is 7.09. The molecule has 1 aliphatic heterocycles. The van der Waals surface area contributed by atoms with Crippen molar-refractivity contribution in [2.75, 3.05) is 45.8 Å². The number of benzene rings is 2. The lowest BCUT2D eigenvalue weighted by molar-refractivity contribution is -0.132. The quantitative estimate of drug-likeness (QED) is 0.336. The number of amides is 3. The molecular weight excluding hydrogens is 528 g/mol. The topological polar surface area (TPSA) is 104 Å². The van der Waals surface area contributed by atoms with Crippen LogP contribution in [0, 0.1) is 11.3 Å². The molecule has 0 spiro atoms. The third-order valence-corrected chi connectivity index (χ3v) is 7.56. The first kappa shape index (κ1) is 28.9. The summed E-state index contributed by atoms with van der Waals surface area (Å²) in [4.78, 5) is 31.5. The molecule has 2 aromatic carbocycles. The minimum atomic E-state index is -0.407. The van der Waals surface area contributed by atoms with Crippen molar-refractivity contribution in [2.45, 2.75) is 31.9 Å². The van der Waals surface area contributed by atoms with Crippen LogP contribution in [0.25, 0.3) is 0 Å². The van der Waals surface area contributed by atoms with Gasteiger partial charge in [-0.05, 0) is 66.6 Å². The van der Waals surface area contributed by atoms with E-state index in [2.05, 4.69) is 11.4 Å². The monoisotopic (exact) mass is 562 g/mol. The van der Waals surface area contributed by atoms with Gasteiger partial charge in [0, 0.05) is 30.3 Å². The van der Waals surface area contributed by atoms with Gasteiger partial charge in [0.2, 0.25) is 5.91 Å². The highest BCUT2D eigenvalue weighted by Gasteiger charge is 2.27. The Hall–Kier alpha value is -4.07. The summed E-state index contributed by atoms with van der Waals surface area (Å²) >= 11 is 1.59. The van der Waals surface area contributed by atoms with E-state index in [0.717, 1.165) is 23.3 Å². The number of carbonyl (C=O) groups is 2. The van der Waals surface area contributed by atoms with Crippen molar-refractivity contribution in [1.82, 2.24) is 9.80 Å². The van der Waals surface area contributed by atoms with Crippen molar-refractivity contribution in [1.29, 1.82) is 5.26 Å². The average Bonchev–Trinajstić information content (AvgIpc) is 3.69. The van der Waals surface area contributed by atoms with E-state index in [1.54, 1.807) is 54.7 Å². The largest absolute Gasteiger partial charge is 0.493 e. The fourth-order valence-electron chi connectivity index (χ4n) is 4.57. The molecule has 3 amide bonds. The maximum absolute atomic E-state index is 13.7. The number of nitrogens with one attached hydrogen (secondary N) is 1. The third kappa shape index (κ3) is 7.97. The van der Waals surface area contributed by atoms with Gasteiger partial charge in [-0.15, -0.1) is 11.3 Å². The highest BCUT2D eigenvalue weighted by atomic mass is 32.1. The predicted molar refractivity (Wildman–Crippen MR) is 154 cm³/mol.